The van der Waals surface area contributed by atoms with Crippen LogP contribution in [0.5, 0.6) is 0 Å². The molecule has 2 aliphatic heterocycles. The van der Waals surface area contributed by atoms with Gasteiger partial charge in [0, 0.05) is 62.5 Å². The number of likely N-dealkylation sites (N-methyl/N-ethyl adjacent to an activating group) is 2. The summed E-state index contributed by atoms with van der Waals surface area (Å²) in [5.41, 5.74) is 5.14. The third-order valence-corrected chi connectivity index (χ3v) is 15.3. The lowest BCUT2D eigenvalue weighted by Gasteiger charge is -2.33. The number of hydrogen-bond acceptors (Lipinski definition) is 8. The molecule has 4 aromatic rings. The van der Waals surface area contributed by atoms with Crippen LogP contribution in [0.15, 0.2) is 109 Å². The monoisotopic (exact) mass is 979 g/mol. The minimum atomic E-state index is -0.569. The summed E-state index contributed by atoms with van der Waals surface area (Å²) in [6.45, 7) is 6.49. The molecule has 72 heavy (non-hydrogen) atoms. The van der Waals surface area contributed by atoms with Gasteiger partial charge in [-0.15, -0.1) is 0 Å². The first-order valence-electron chi connectivity index (χ1n) is 26.4. The first-order valence-corrected chi connectivity index (χ1v) is 26.4. The second-order valence-corrected chi connectivity index (χ2v) is 20.5. The molecule has 0 radical (unpaired) electrons. The Morgan fingerprint density at radius 3 is 1.21 bits per heavy atom. The molecule has 4 fully saturated rings. The van der Waals surface area contributed by atoms with Crippen molar-refractivity contribution in [3.63, 3.8) is 0 Å². The minimum absolute atomic E-state index is 0.0585. The van der Waals surface area contributed by atoms with E-state index in [4.69, 9.17) is 0 Å². The molecule has 0 aromatic heterocycles. The fourth-order valence-electron chi connectivity index (χ4n) is 10.3. The quantitative estimate of drug-likeness (QED) is 0.0735. The van der Waals surface area contributed by atoms with E-state index in [2.05, 4.69) is 45.5 Å². The smallest absolute Gasteiger partial charge is 0.253 e. The van der Waals surface area contributed by atoms with Gasteiger partial charge in [0.2, 0.25) is 23.6 Å². The van der Waals surface area contributed by atoms with Gasteiger partial charge in [-0.05, 0) is 151 Å². The zero-order chi connectivity index (χ0) is 50.7. The Hall–Kier alpha value is -6.38. The number of benzene rings is 4. The maximum Gasteiger partial charge on any atom is 0.253 e. The summed E-state index contributed by atoms with van der Waals surface area (Å²) in [5.74, 6) is -0.454. The summed E-state index contributed by atoms with van der Waals surface area (Å²) in [5, 5.41) is 12.0. The van der Waals surface area contributed by atoms with Crippen LogP contribution in [0.3, 0.4) is 0 Å². The fraction of sp³-hybridized carbons (Fsp3) is 0.483. The highest BCUT2D eigenvalue weighted by Gasteiger charge is 2.44. The molecule has 14 nitrogen and oxygen atoms in total. The van der Waals surface area contributed by atoms with E-state index < -0.39 is 24.2 Å². The Balaban J connectivity index is 0.954. The normalized spacial score (nSPS) is 19.2. The van der Waals surface area contributed by atoms with Crippen LogP contribution in [-0.2, 0) is 32.0 Å². The van der Waals surface area contributed by atoms with Gasteiger partial charge < -0.3 is 40.9 Å². The Morgan fingerprint density at radius 1 is 0.514 bits per heavy atom. The summed E-state index contributed by atoms with van der Waals surface area (Å²) in [7, 11) is 3.46. The highest BCUT2D eigenvalue weighted by atomic mass is 16.2. The molecule has 4 aliphatic rings. The van der Waals surface area contributed by atoms with Crippen LogP contribution in [0.25, 0.3) is 11.1 Å². The second kappa shape index (κ2) is 24.4. The van der Waals surface area contributed by atoms with E-state index >= 15 is 0 Å². The summed E-state index contributed by atoms with van der Waals surface area (Å²) in [4.78, 5) is 90.8. The Morgan fingerprint density at radius 2 is 0.875 bits per heavy atom. The van der Waals surface area contributed by atoms with Crippen molar-refractivity contribution >= 4 is 35.4 Å². The molecule has 2 saturated heterocycles. The molecular formula is C58H74N8O6. The maximum absolute atomic E-state index is 14.5. The number of carbonyl (C=O) groups is 6. The van der Waals surface area contributed by atoms with Gasteiger partial charge in [-0.1, -0.05) is 84.9 Å². The van der Waals surface area contributed by atoms with Crippen molar-refractivity contribution in [2.75, 3.05) is 53.4 Å². The van der Waals surface area contributed by atoms with Crippen LogP contribution < -0.4 is 21.3 Å². The summed E-state index contributed by atoms with van der Waals surface area (Å²) >= 11 is 0. The molecule has 14 heteroatoms. The first kappa shape index (κ1) is 52.0. The van der Waals surface area contributed by atoms with Crippen molar-refractivity contribution in [3.8, 4) is 11.1 Å². The van der Waals surface area contributed by atoms with Crippen molar-refractivity contribution in [3.05, 3.63) is 131 Å². The van der Waals surface area contributed by atoms with Crippen LogP contribution in [0, 0.1) is 11.8 Å². The number of nitrogens with one attached hydrogen (secondary N) is 4. The number of nitrogens with zero attached hydrogens (tertiary/aromatic N) is 4. The predicted octanol–water partition coefficient (Wildman–Crippen LogP) is 5.71. The molecule has 8 rings (SSSR count). The van der Waals surface area contributed by atoms with Gasteiger partial charge in [-0.25, -0.2) is 0 Å². The molecule has 2 heterocycles. The van der Waals surface area contributed by atoms with Crippen molar-refractivity contribution < 1.29 is 28.8 Å². The molecule has 0 spiro atoms. The van der Waals surface area contributed by atoms with Crippen LogP contribution in [0.1, 0.15) is 97.1 Å². The summed E-state index contributed by atoms with van der Waals surface area (Å²) < 4.78 is 0. The summed E-state index contributed by atoms with van der Waals surface area (Å²) in [6.07, 6.45) is 8.17. The molecule has 6 atom stereocenters. The van der Waals surface area contributed by atoms with Crippen molar-refractivity contribution in [2.45, 2.75) is 114 Å². The number of hydrogen-bond donors (Lipinski definition) is 4. The lowest BCUT2D eigenvalue weighted by Crippen LogP contribution is -2.55. The van der Waals surface area contributed by atoms with Gasteiger partial charge in [0.05, 0.1) is 12.1 Å². The van der Waals surface area contributed by atoms with E-state index in [1.54, 1.807) is 27.9 Å². The standard InChI is InChI=1S/C58H74N8O6/c1-39(59-3)53(67)61-51(45-23-24-45)57(71)65-33-11-17-49(65)37-63(35-31-41-13-7-5-8-14-41)55(69)47-27-19-43(20-28-47)44-21-29-48(30-22-44)56(70)64(36-32-42-15-9-6-10-16-42)38-50-18-12-34-66(50)58(72)52(46-25-26-46)62-54(68)40(2)60-4/h5-10,13-16,19-22,27-30,39-40,45-46,49-52,59-60H,11-12,17-18,23-26,31-38H2,1-4H3,(H,61,67)(H,62,68)/t39-,40-,49-,50-,51-,52-/m0/s1. The zero-order valence-electron chi connectivity index (χ0n) is 42.6. The summed E-state index contributed by atoms with van der Waals surface area (Å²) in [6, 6.07) is 33.1. The van der Waals surface area contributed by atoms with E-state index in [1.165, 1.54) is 0 Å². The van der Waals surface area contributed by atoms with Gasteiger partial charge in [0.1, 0.15) is 12.1 Å². The largest absolute Gasteiger partial charge is 0.343 e. The van der Waals surface area contributed by atoms with Crippen molar-refractivity contribution in [1.82, 2.24) is 40.9 Å². The van der Waals surface area contributed by atoms with Crippen LogP contribution in [-0.4, -0.2) is 145 Å². The minimum Gasteiger partial charge on any atom is -0.343 e. The highest BCUT2D eigenvalue weighted by Crippen LogP contribution is 2.36. The average molecular weight is 979 g/mol. The van der Waals surface area contributed by atoms with E-state index in [0.29, 0.717) is 63.2 Å². The maximum atomic E-state index is 14.5. The lowest BCUT2D eigenvalue weighted by molar-refractivity contribution is -0.138. The Bertz CT molecular complexity index is 2310. The molecule has 0 unspecified atom stereocenters. The SMILES string of the molecule is CN[C@@H](C)C(=O)N[C@H](C(=O)N1CCC[C@H]1CN(CCc1ccccc1)C(=O)c1ccc(-c2ccc(C(=O)N(CCc3ccccc3)C[C@@H]3CCCN3C(=O)[C@@H](NC(=O)[C@H](C)NC)C3CC3)cc2)cc1)C1CC1. The van der Waals surface area contributed by atoms with Crippen LogP contribution in [0.2, 0.25) is 0 Å². The van der Waals surface area contributed by atoms with Gasteiger partial charge in [-0.2, -0.15) is 0 Å². The number of rotatable bonds is 23. The Labute approximate surface area is 425 Å². The van der Waals surface area contributed by atoms with E-state index in [9.17, 15) is 28.8 Å². The highest BCUT2D eigenvalue weighted by molar-refractivity contribution is 5.96. The number of carbonyl (C=O) groups excluding carboxylic acids is 6. The third-order valence-electron chi connectivity index (χ3n) is 15.3. The first-order chi connectivity index (χ1) is 34.9. The molecule has 4 N–H and O–H groups in total. The molecule has 382 valence electrons. The van der Waals surface area contributed by atoms with Crippen LogP contribution in [0.4, 0.5) is 0 Å². The second-order valence-electron chi connectivity index (χ2n) is 20.5. The van der Waals surface area contributed by atoms with Crippen molar-refractivity contribution in [2.24, 2.45) is 11.8 Å². The average Bonchev–Trinajstić information content (AvgIpc) is 4.36. The molecule has 4 aromatic carbocycles. The van der Waals surface area contributed by atoms with Gasteiger partial charge in [0.25, 0.3) is 11.8 Å². The van der Waals surface area contributed by atoms with Crippen molar-refractivity contribution in [1.29, 1.82) is 0 Å². The number of amides is 6. The van der Waals surface area contributed by atoms with E-state index in [1.807, 2.05) is 105 Å². The molecule has 0 bridgehead atoms. The van der Waals surface area contributed by atoms with Gasteiger partial charge >= 0.3 is 0 Å². The zero-order valence-corrected chi connectivity index (χ0v) is 42.6. The van der Waals surface area contributed by atoms with Crippen LogP contribution >= 0.6 is 0 Å². The van der Waals surface area contributed by atoms with Gasteiger partial charge in [-0.3, -0.25) is 28.8 Å². The molecule has 6 amide bonds. The van der Waals surface area contributed by atoms with E-state index in [0.717, 1.165) is 73.6 Å². The molecule has 2 aliphatic carbocycles. The van der Waals surface area contributed by atoms with Gasteiger partial charge in [0.15, 0.2) is 0 Å². The third kappa shape index (κ3) is 13.2. The number of likely N-dealkylation sites (tertiary alicyclic amines) is 2. The topological polar surface area (TPSA) is 163 Å². The Kier molecular flexibility index (Phi) is 17.6. The molecular weight excluding hydrogens is 905 g/mol. The predicted molar refractivity (Wildman–Crippen MR) is 280 cm³/mol. The molecule has 2 saturated carbocycles. The van der Waals surface area contributed by atoms with E-state index in [-0.39, 0.29) is 59.4 Å². The fourth-order valence-corrected chi connectivity index (χ4v) is 10.3. The lowest BCUT2D eigenvalue weighted by atomic mass is 10.0.